The maximum atomic E-state index is 15.4. The van der Waals surface area contributed by atoms with Gasteiger partial charge in [0.05, 0.1) is 57.6 Å². The van der Waals surface area contributed by atoms with E-state index in [1.165, 1.54) is 11.1 Å². The zero-order valence-corrected chi connectivity index (χ0v) is 67.4. The molecular weight excluding hydrogens is 1430 g/mol. The molecule has 12 bridgehead atoms. The summed E-state index contributed by atoms with van der Waals surface area (Å²) in [6, 6.07) is 58.6. The highest BCUT2D eigenvalue weighted by atomic mass is 16.2. The number of nitrogens with zero attached hydrogens (tertiary/aromatic N) is 6. The predicted molar refractivity (Wildman–Crippen MR) is 463 cm³/mol. The highest BCUT2D eigenvalue weighted by molar-refractivity contribution is 6.04. The molecule has 116 heavy (non-hydrogen) atoms. The zero-order valence-electron chi connectivity index (χ0n) is 67.4. The summed E-state index contributed by atoms with van der Waals surface area (Å²) in [5, 5.41) is 13.9. The molecule has 6 aromatic heterocycles. The zero-order chi connectivity index (χ0) is 79.9. The van der Waals surface area contributed by atoms with Gasteiger partial charge < -0.3 is 21.3 Å². The van der Waals surface area contributed by atoms with Crippen molar-refractivity contribution in [3.63, 3.8) is 0 Å². The molecule has 4 N–H and O–H groups in total. The molecule has 16 aliphatic rings. The van der Waals surface area contributed by atoms with Crippen LogP contribution in [0.2, 0.25) is 0 Å². The Morgan fingerprint density at radius 3 is 0.897 bits per heavy atom. The maximum Gasteiger partial charge on any atom is 0.255 e. The number of allylic oxidation sites excluding steroid dienone is 10. The Balaban J connectivity index is 0.725. The molecule has 4 amide bonds. The van der Waals surface area contributed by atoms with Crippen LogP contribution in [-0.2, 0) is 0 Å². The summed E-state index contributed by atoms with van der Waals surface area (Å²) in [6.07, 6.45) is 33.6. The first-order valence-corrected chi connectivity index (χ1v) is 41.3. The van der Waals surface area contributed by atoms with Gasteiger partial charge in [0, 0.05) is 69.3 Å². The first-order valence-electron chi connectivity index (χ1n) is 41.3. The monoisotopic (exact) mass is 1530 g/mol. The van der Waals surface area contributed by atoms with Crippen LogP contribution in [0, 0.1) is 34.5 Å². The lowest BCUT2D eigenvalue weighted by molar-refractivity contribution is 0.0929. The third-order valence-electron chi connectivity index (χ3n) is 25.8. The van der Waals surface area contributed by atoms with Crippen molar-refractivity contribution in [3.05, 3.63) is 321 Å². The fraction of sp³-hybridized carbons (Fsp3) is 0.275. The van der Waals surface area contributed by atoms with E-state index in [4.69, 9.17) is 9.97 Å². The molecule has 10 aliphatic heterocycles. The lowest BCUT2D eigenvalue weighted by Crippen LogP contribution is -2.44. The molecule has 6 unspecified atom stereocenters. The third kappa shape index (κ3) is 15.3. The lowest BCUT2D eigenvalue weighted by Gasteiger charge is -2.47. The van der Waals surface area contributed by atoms with Gasteiger partial charge in [0.25, 0.3) is 23.6 Å². The molecule has 6 aliphatic carbocycles. The van der Waals surface area contributed by atoms with Gasteiger partial charge in [0.2, 0.25) is 0 Å². The topological polar surface area (TPSA) is 194 Å². The van der Waals surface area contributed by atoms with E-state index in [1.807, 2.05) is 97.1 Å². The van der Waals surface area contributed by atoms with E-state index in [1.54, 1.807) is 36.9 Å². The average Bonchev–Trinajstić information content (AvgIpc) is 0.750. The van der Waals surface area contributed by atoms with Crippen LogP contribution in [-0.4, -0.2) is 65.6 Å². The largest absolute Gasteiger partial charge is 0.345 e. The van der Waals surface area contributed by atoms with Crippen molar-refractivity contribution in [1.82, 2.24) is 51.2 Å². The van der Waals surface area contributed by atoms with E-state index >= 15 is 19.2 Å². The van der Waals surface area contributed by atoms with Crippen molar-refractivity contribution in [2.24, 2.45) is 34.5 Å². The van der Waals surface area contributed by atoms with E-state index in [9.17, 15) is 0 Å². The molecule has 14 heteroatoms. The summed E-state index contributed by atoms with van der Waals surface area (Å²) < 4.78 is 0. The molecule has 2 spiro atoms. The number of nitrogens with one attached hydrogen (secondary N) is 4. The van der Waals surface area contributed by atoms with Crippen molar-refractivity contribution in [2.75, 3.05) is 0 Å². The molecule has 14 nitrogen and oxygen atoms in total. The van der Waals surface area contributed by atoms with Crippen LogP contribution in [0.5, 0.6) is 0 Å². The highest BCUT2D eigenvalue weighted by Crippen LogP contribution is 2.57. The number of rotatable bonds is 8. The number of carbonyl (C=O) groups is 4. The quantitative estimate of drug-likeness (QED) is 0.114. The average molecular weight is 1530 g/mol. The number of amides is 4. The van der Waals surface area contributed by atoms with Crippen LogP contribution in [0.3, 0.4) is 0 Å². The van der Waals surface area contributed by atoms with Gasteiger partial charge in [-0.05, 0) is 291 Å². The molecule has 0 saturated heterocycles. The van der Waals surface area contributed by atoms with Gasteiger partial charge >= 0.3 is 0 Å². The number of aromatic nitrogens is 6. The Morgan fingerprint density at radius 1 is 0.319 bits per heavy atom. The van der Waals surface area contributed by atoms with Crippen LogP contribution in [0.1, 0.15) is 174 Å². The number of pyridine rings is 6. The number of hydrogen-bond donors (Lipinski definition) is 4. The Hall–Kier alpha value is -12.4. The summed E-state index contributed by atoms with van der Waals surface area (Å²) in [4.78, 5) is 90.4. The smallest absolute Gasteiger partial charge is 0.255 e. The van der Waals surface area contributed by atoms with Crippen LogP contribution >= 0.6 is 0 Å². The molecule has 10 aromatic rings. The molecule has 6 atom stereocenters. The van der Waals surface area contributed by atoms with E-state index in [0.29, 0.717) is 22.3 Å². The number of hydrogen-bond acceptors (Lipinski definition) is 10. The minimum atomic E-state index is -0.324. The molecule has 4 aromatic carbocycles. The van der Waals surface area contributed by atoms with Crippen LogP contribution < -0.4 is 21.3 Å². The van der Waals surface area contributed by atoms with E-state index < -0.39 is 0 Å². The van der Waals surface area contributed by atoms with Crippen LogP contribution in [0.25, 0.3) is 90.1 Å². The van der Waals surface area contributed by atoms with Gasteiger partial charge in [-0.2, -0.15) is 0 Å². The molecule has 2 saturated carbocycles. The third-order valence-corrected chi connectivity index (χ3v) is 25.8. The van der Waals surface area contributed by atoms with E-state index in [0.717, 1.165) is 212 Å². The maximum absolute atomic E-state index is 15.4. The van der Waals surface area contributed by atoms with Crippen molar-refractivity contribution >= 4 is 23.6 Å². The summed E-state index contributed by atoms with van der Waals surface area (Å²) in [5.74, 6) is -0.990. The summed E-state index contributed by atoms with van der Waals surface area (Å²) in [7, 11) is 0. The van der Waals surface area contributed by atoms with E-state index in [-0.39, 0.29) is 70.2 Å². The predicted octanol–water partition coefficient (Wildman–Crippen LogP) is 22.2. The van der Waals surface area contributed by atoms with E-state index in [2.05, 4.69) is 206 Å². The van der Waals surface area contributed by atoms with Crippen LogP contribution in [0.4, 0.5) is 0 Å². The van der Waals surface area contributed by atoms with Crippen molar-refractivity contribution in [1.29, 1.82) is 0 Å². The molecular formula is C102H98N10O4. The summed E-state index contributed by atoms with van der Waals surface area (Å²) in [6.45, 7) is 17.3. The van der Waals surface area contributed by atoms with Gasteiger partial charge in [-0.15, -0.1) is 0 Å². The molecule has 0 radical (unpaired) electrons. The van der Waals surface area contributed by atoms with Crippen molar-refractivity contribution in [3.8, 4) is 90.1 Å². The molecule has 2 fully saturated rings. The van der Waals surface area contributed by atoms with Gasteiger partial charge in [0.15, 0.2) is 0 Å². The van der Waals surface area contributed by atoms with Crippen molar-refractivity contribution < 1.29 is 19.2 Å². The SMILES string of the molecule is CC1=CC2CC(C)=C1NC(=O)c1cc(cc(-c3ccc(-c4cc(-c5ccccn5)nc(-c5ccccn5)c4)cc3)c1)C(=O)NC1=C(C)CC(C=C1C)C1(CCCCC1)C1=CC(C)C(NC(=O)c3cc(cc(-c4ccc(-c5cc(-c6ccccn6)nc(-c6ccccn6)c5)cc4)c3)C(=O)NC3C(C)=CC(=CC3C)C23CCCCC3)C(C)=C1. The fourth-order valence-corrected chi connectivity index (χ4v) is 19.7. The molecule has 26 rings (SSSR count). The number of carbonyl (C=O) groups excluding carboxylic acids is 4. The first kappa shape index (κ1) is 76.2. The Bertz CT molecular complexity index is 5510. The van der Waals surface area contributed by atoms with Gasteiger partial charge in [0.1, 0.15) is 0 Å². The van der Waals surface area contributed by atoms with Crippen molar-refractivity contribution in [2.45, 2.75) is 145 Å². The minimum Gasteiger partial charge on any atom is -0.345 e. The Labute approximate surface area is 680 Å². The lowest BCUT2D eigenvalue weighted by atomic mass is 9.57. The van der Waals surface area contributed by atoms with Gasteiger partial charge in [-0.3, -0.25) is 39.1 Å². The second-order valence-electron chi connectivity index (χ2n) is 33.5. The summed E-state index contributed by atoms with van der Waals surface area (Å²) >= 11 is 0. The van der Waals surface area contributed by atoms with Gasteiger partial charge in [-0.25, -0.2) is 9.97 Å². The second-order valence-corrected chi connectivity index (χ2v) is 33.5. The van der Waals surface area contributed by atoms with Crippen LogP contribution in [0.15, 0.2) is 299 Å². The normalized spacial score (nSPS) is 21.6. The Kier molecular flexibility index (Phi) is 21.1. The van der Waals surface area contributed by atoms with Gasteiger partial charge in [-0.1, -0.05) is 173 Å². The minimum absolute atomic E-state index is 0.0712. The first-order chi connectivity index (χ1) is 56.3. The Morgan fingerprint density at radius 2 is 0.612 bits per heavy atom. The molecule has 16 heterocycles. The molecule has 580 valence electrons. The number of benzene rings is 4. The summed E-state index contributed by atoms with van der Waals surface area (Å²) in [5.41, 5.74) is 24.5. The standard InChI is InChI=1S/C102H98N10O4/c1-61-43-81-44-62(2)93(61)109-97(113)77-51-73(69-27-31-71(32-28-69)75-57-89(85-23-11-19-39-103-85)107-90(58-75)86-24-12-20-40-104-86)52-78(55-77)98(114)111-95-65(5)47-83(48-66(95)6)102(37-17-10-18-38-102)84-49-67(7)96(68(8)50-84)112-100(116)80-54-74(53-79(56-80)99(115)110-94-63(3)45-82(46-64(94)4)101(81)35-15-9-16-36-101)70-29-33-72(34-30-70)76-59-91(87-25-13-21-41-105-87)108-92(60-76)88-26-14-22-42-106-88/h11-14,19-34,39-45,47-49,51-61,65,82,84,93,95H,9-10,15-18,35-38,46,50H2,1-8H3,(H,109,113)(H,110,115)(H,111,114)(H,112,116). The fourth-order valence-electron chi connectivity index (χ4n) is 19.7. The highest BCUT2D eigenvalue weighted by Gasteiger charge is 2.47. The second kappa shape index (κ2) is 32.1.